The number of β-lactam (4-membered cyclic amide) rings is 1. The number of fused-ring (bicyclic) bond motifs is 1. The molecule has 13 heteroatoms. The van der Waals surface area contributed by atoms with Crippen molar-refractivity contribution < 1.29 is 22.6 Å². The van der Waals surface area contributed by atoms with Gasteiger partial charge in [-0.1, -0.05) is 11.8 Å². The van der Waals surface area contributed by atoms with Crippen LogP contribution in [-0.2, 0) is 26.9 Å². The first-order chi connectivity index (χ1) is 10.3. The molecule has 1 aromatic heterocycles. The minimum atomic E-state index is -4.55. The van der Waals surface area contributed by atoms with Gasteiger partial charge in [0.2, 0.25) is 5.91 Å². The van der Waals surface area contributed by atoms with Crippen LogP contribution >= 0.6 is 11.8 Å². The number of carbonyl (C=O) groups is 2. The molecule has 0 spiro atoms. The summed E-state index contributed by atoms with van der Waals surface area (Å²) in [6.07, 6.45) is 1.84. The van der Waals surface area contributed by atoms with Crippen molar-refractivity contribution in [3.05, 3.63) is 6.33 Å². The van der Waals surface area contributed by atoms with Crippen molar-refractivity contribution in [1.29, 1.82) is 0 Å². The van der Waals surface area contributed by atoms with Gasteiger partial charge in [0.1, 0.15) is 12.4 Å². The predicted molar refractivity (Wildman–Crippen MR) is 81.2 cm³/mol. The van der Waals surface area contributed by atoms with Crippen molar-refractivity contribution in [2.75, 3.05) is 12.3 Å². The first-order valence-corrected chi connectivity index (χ1v) is 8.76. The van der Waals surface area contributed by atoms with E-state index >= 15 is 0 Å². The molecular formula is C10H14N5NaO5S2. The van der Waals surface area contributed by atoms with Crippen molar-refractivity contribution in [2.24, 2.45) is 7.05 Å². The number of nitrogens with zero attached hydrogens (tertiary/aromatic N) is 5. The van der Waals surface area contributed by atoms with E-state index in [0.29, 0.717) is 15.9 Å². The number of carbonyl (C=O) groups excluding carboxylic acids is 2. The van der Waals surface area contributed by atoms with Gasteiger partial charge in [-0.15, -0.1) is 10.2 Å². The Morgan fingerprint density at radius 2 is 2.22 bits per heavy atom. The predicted octanol–water partition coefficient (Wildman–Crippen LogP) is -2.13. The number of thioether (sulfide) groups is 1. The molecule has 0 aromatic carbocycles. The molecule has 10 nitrogen and oxygen atoms in total. The first kappa shape index (κ1) is 18.7. The van der Waals surface area contributed by atoms with Crippen molar-refractivity contribution in [1.82, 2.24) is 24.0 Å². The van der Waals surface area contributed by atoms with Gasteiger partial charge in [-0.05, 0) is 6.42 Å². The third-order valence-corrected chi connectivity index (χ3v) is 5.67. The van der Waals surface area contributed by atoms with E-state index in [1.807, 2.05) is 0 Å². The van der Waals surface area contributed by atoms with E-state index < -0.39 is 28.3 Å². The number of amides is 2. The summed E-state index contributed by atoms with van der Waals surface area (Å²) in [5.74, 6) is -0.958. The Labute approximate surface area is 158 Å². The third-order valence-electron chi connectivity index (χ3n) is 3.70. The van der Waals surface area contributed by atoms with Crippen molar-refractivity contribution in [2.45, 2.75) is 23.7 Å². The fourth-order valence-electron chi connectivity index (χ4n) is 2.71. The zero-order valence-corrected chi connectivity index (χ0v) is 13.1. The van der Waals surface area contributed by atoms with E-state index in [0.717, 1.165) is 0 Å². The average Bonchev–Trinajstić information content (AvgIpc) is 2.98. The van der Waals surface area contributed by atoms with Gasteiger partial charge in [0, 0.05) is 13.6 Å². The minimum absolute atomic E-state index is 0. The van der Waals surface area contributed by atoms with Gasteiger partial charge in [-0.3, -0.25) is 14.1 Å². The Bertz CT molecular complexity index is 738. The Hall–Kier alpha value is -0.660. The maximum atomic E-state index is 12.2. The van der Waals surface area contributed by atoms with E-state index in [4.69, 9.17) is 4.55 Å². The summed E-state index contributed by atoms with van der Waals surface area (Å²) in [6, 6.07) is -1.46. The van der Waals surface area contributed by atoms with Gasteiger partial charge < -0.3 is 9.47 Å². The molecule has 3 rings (SSSR count). The number of hydrogen-bond acceptors (Lipinski definition) is 7. The number of rotatable bonds is 4. The van der Waals surface area contributed by atoms with Gasteiger partial charge in [-0.2, -0.15) is 8.42 Å². The molecule has 3 heterocycles. The van der Waals surface area contributed by atoms with Gasteiger partial charge in [0.15, 0.2) is 5.16 Å². The van der Waals surface area contributed by atoms with E-state index in [1.165, 1.54) is 23.0 Å². The molecule has 0 unspecified atom stereocenters. The van der Waals surface area contributed by atoms with Crippen LogP contribution in [-0.4, -0.2) is 103 Å². The summed E-state index contributed by atoms with van der Waals surface area (Å²) < 4.78 is 33.3. The number of aryl methyl sites for hydroxylation is 1. The van der Waals surface area contributed by atoms with Crippen LogP contribution in [0.3, 0.4) is 0 Å². The van der Waals surface area contributed by atoms with Crippen LogP contribution in [0, 0.1) is 0 Å². The van der Waals surface area contributed by atoms with Crippen LogP contribution in [0.2, 0.25) is 0 Å². The zero-order valence-electron chi connectivity index (χ0n) is 11.5. The van der Waals surface area contributed by atoms with Crippen LogP contribution < -0.4 is 0 Å². The molecule has 0 radical (unpaired) electrons. The van der Waals surface area contributed by atoms with E-state index in [9.17, 15) is 18.0 Å². The van der Waals surface area contributed by atoms with Crippen LogP contribution in [0.25, 0.3) is 0 Å². The van der Waals surface area contributed by atoms with Crippen molar-refractivity contribution in [3.63, 3.8) is 0 Å². The zero-order chi connectivity index (χ0) is 16.1. The van der Waals surface area contributed by atoms with Crippen LogP contribution in [0.5, 0.6) is 0 Å². The topological polar surface area (TPSA) is 126 Å². The summed E-state index contributed by atoms with van der Waals surface area (Å²) in [5.41, 5.74) is 0. The summed E-state index contributed by atoms with van der Waals surface area (Å²) in [6.45, 7) is 0.283. The standard InChI is InChI=1S/C10H13N5O5S2.Na.H/c1-13-5-11-12-10(13)21-4-7(16)14-3-2-6-8(14)9(17)15(6)22(18,19)20;;/h5-6,8H,2-4H2,1H3,(H,18,19,20);;/t6-,8+;;/m1../s1. The fraction of sp³-hybridized carbons (Fsp3) is 0.600. The SMILES string of the molecule is Cn1cnnc1SCC(=O)N1CC[C@@H]2[C@H]1C(=O)N2S(=O)(=O)O.[NaH]. The Morgan fingerprint density at radius 3 is 2.78 bits per heavy atom. The molecule has 2 aliphatic rings. The molecule has 1 N–H and O–H groups in total. The maximum absolute atomic E-state index is 12.2. The molecule has 0 saturated carbocycles. The van der Waals surface area contributed by atoms with Crippen LogP contribution in [0.4, 0.5) is 0 Å². The van der Waals surface area contributed by atoms with E-state index in [1.54, 1.807) is 11.6 Å². The fourth-order valence-corrected chi connectivity index (χ4v) is 4.38. The molecule has 2 atom stereocenters. The van der Waals surface area contributed by atoms with Crippen molar-refractivity contribution >= 4 is 63.4 Å². The summed E-state index contributed by atoms with van der Waals surface area (Å²) in [7, 11) is -2.80. The number of aromatic nitrogens is 3. The normalized spacial score (nSPS) is 23.3. The average molecular weight is 371 g/mol. The second-order valence-electron chi connectivity index (χ2n) is 5.01. The molecule has 0 aliphatic carbocycles. The Morgan fingerprint density at radius 1 is 1.52 bits per heavy atom. The number of hydrogen-bond donors (Lipinski definition) is 1. The second-order valence-corrected chi connectivity index (χ2v) is 7.24. The monoisotopic (exact) mass is 371 g/mol. The second kappa shape index (κ2) is 6.69. The number of likely N-dealkylation sites (tertiary alicyclic amines) is 1. The Kier molecular flexibility index (Phi) is 5.43. The van der Waals surface area contributed by atoms with Crippen molar-refractivity contribution in [3.8, 4) is 0 Å². The molecule has 1 aromatic rings. The quantitative estimate of drug-likeness (QED) is 0.275. The molecule has 0 bridgehead atoms. The van der Waals surface area contributed by atoms with Crippen LogP contribution in [0.1, 0.15) is 6.42 Å². The molecule has 2 amide bonds. The van der Waals surface area contributed by atoms with E-state index in [-0.39, 0.29) is 47.8 Å². The van der Waals surface area contributed by atoms with Gasteiger partial charge in [-0.25, -0.2) is 4.31 Å². The summed E-state index contributed by atoms with van der Waals surface area (Å²) >= 11 is 1.19. The third kappa shape index (κ3) is 3.28. The Balaban J connectivity index is 0.00000192. The molecule has 2 fully saturated rings. The molecule has 2 aliphatic heterocycles. The molecule has 122 valence electrons. The first-order valence-electron chi connectivity index (χ1n) is 6.37. The summed E-state index contributed by atoms with van der Waals surface area (Å²) in [4.78, 5) is 25.4. The summed E-state index contributed by atoms with van der Waals surface area (Å²) in [5, 5.41) is 8.11. The molecular weight excluding hydrogens is 357 g/mol. The van der Waals surface area contributed by atoms with E-state index in [2.05, 4.69) is 10.2 Å². The van der Waals surface area contributed by atoms with Gasteiger partial charge in [0.05, 0.1) is 11.8 Å². The van der Waals surface area contributed by atoms with Crippen LogP contribution in [0.15, 0.2) is 11.5 Å². The van der Waals surface area contributed by atoms with Gasteiger partial charge >= 0.3 is 39.9 Å². The molecule has 2 saturated heterocycles. The van der Waals surface area contributed by atoms with Gasteiger partial charge in [0.25, 0.3) is 5.91 Å². The molecule has 23 heavy (non-hydrogen) atoms.